The van der Waals surface area contributed by atoms with Crippen LogP contribution in [0.15, 0.2) is 18.2 Å². The first-order valence-electron chi connectivity index (χ1n) is 8.51. The van der Waals surface area contributed by atoms with Gasteiger partial charge in [0, 0.05) is 12.0 Å². The molecule has 2 fully saturated rings. The van der Waals surface area contributed by atoms with Gasteiger partial charge in [0.1, 0.15) is 11.8 Å². The molecule has 0 spiro atoms. The van der Waals surface area contributed by atoms with Gasteiger partial charge in [0.25, 0.3) is 0 Å². The maximum atomic E-state index is 12.7. The van der Waals surface area contributed by atoms with Gasteiger partial charge in [0.2, 0.25) is 5.91 Å². The van der Waals surface area contributed by atoms with Crippen molar-refractivity contribution in [2.45, 2.75) is 64.0 Å². The summed E-state index contributed by atoms with van der Waals surface area (Å²) in [7, 11) is 0. The van der Waals surface area contributed by atoms with Crippen molar-refractivity contribution in [3.05, 3.63) is 23.8 Å². The van der Waals surface area contributed by atoms with E-state index in [1.165, 1.54) is 12.8 Å². The molecule has 1 saturated heterocycles. The van der Waals surface area contributed by atoms with Crippen LogP contribution < -0.4 is 16.2 Å². The van der Waals surface area contributed by atoms with Crippen LogP contribution in [0.25, 0.3) is 0 Å². The van der Waals surface area contributed by atoms with Crippen LogP contribution in [0.3, 0.4) is 0 Å². The molecule has 3 atom stereocenters. The van der Waals surface area contributed by atoms with Crippen LogP contribution in [0.2, 0.25) is 0 Å². The maximum absolute atomic E-state index is 12.7. The van der Waals surface area contributed by atoms with Crippen molar-refractivity contribution in [2.75, 3.05) is 5.32 Å². The third kappa shape index (κ3) is 3.35. The summed E-state index contributed by atoms with van der Waals surface area (Å²) in [6.45, 7) is 6.33. The van der Waals surface area contributed by atoms with Gasteiger partial charge in [-0.3, -0.25) is 10.2 Å². The van der Waals surface area contributed by atoms with Crippen LogP contribution >= 0.6 is 0 Å². The number of amides is 1. The quantitative estimate of drug-likeness (QED) is 0.633. The molecule has 1 saturated carbocycles. The van der Waals surface area contributed by atoms with Gasteiger partial charge in [-0.1, -0.05) is 39.7 Å². The first-order valence-corrected chi connectivity index (χ1v) is 8.51. The lowest BCUT2D eigenvalue weighted by Gasteiger charge is -2.26. The summed E-state index contributed by atoms with van der Waals surface area (Å²) in [4.78, 5) is 12.7. The number of anilines is 1. The number of aromatic hydroxyl groups is 1. The molecule has 1 amide bonds. The highest BCUT2D eigenvalue weighted by molar-refractivity contribution is 5.96. The smallest absolute Gasteiger partial charge is 0.243 e. The normalized spacial score (nSPS) is 27.5. The minimum Gasteiger partial charge on any atom is -0.506 e. The van der Waals surface area contributed by atoms with Crippen LogP contribution in [0.1, 0.15) is 52.0 Å². The highest BCUT2D eigenvalue weighted by atomic mass is 16.3. The van der Waals surface area contributed by atoms with Crippen molar-refractivity contribution >= 4 is 11.6 Å². The van der Waals surface area contributed by atoms with Crippen LogP contribution in [0, 0.1) is 5.92 Å². The van der Waals surface area contributed by atoms with E-state index in [1.54, 1.807) is 6.07 Å². The van der Waals surface area contributed by atoms with Gasteiger partial charge in [-0.2, -0.15) is 0 Å². The van der Waals surface area contributed by atoms with E-state index in [-0.39, 0.29) is 23.1 Å². The Morgan fingerprint density at radius 1 is 1.22 bits per heavy atom. The van der Waals surface area contributed by atoms with Crippen molar-refractivity contribution in [3.8, 4) is 5.75 Å². The number of fused-ring (bicyclic) bond motifs is 1. The lowest BCUT2D eigenvalue weighted by molar-refractivity contribution is -0.118. The zero-order chi connectivity index (χ0) is 16.6. The van der Waals surface area contributed by atoms with E-state index in [2.05, 4.69) is 36.9 Å². The van der Waals surface area contributed by atoms with Crippen LogP contribution in [0.4, 0.5) is 5.69 Å². The van der Waals surface area contributed by atoms with E-state index in [0.717, 1.165) is 18.4 Å². The number of hydrogen-bond acceptors (Lipinski definition) is 4. The lowest BCUT2D eigenvalue weighted by atomic mass is 9.81. The number of hydrazine groups is 1. The van der Waals surface area contributed by atoms with Gasteiger partial charge in [0.05, 0.1) is 5.69 Å². The van der Waals surface area contributed by atoms with Gasteiger partial charge in [-0.15, -0.1) is 0 Å². The molecule has 1 aromatic carbocycles. The zero-order valence-electron chi connectivity index (χ0n) is 14.1. The van der Waals surface area contributed by atoms with Gasteiger partial charge in [-0.25, -0.2) is 5.43 Å². The number of carbonyl (C=O) groups is 1. The summed E-state index contributed by atoms with van der Waals surface area (Å²) in [5.41, 5.74) is 7.93. The Labute approximate surface area is 137 Å². The Morgan fingerprint density at radius 3 is 2.70 bits per heavy atom. The first kappa shape index (κ1) is 16.3. The number of phenolic OH excluding ortho intramolecular Hbond substituents is 1. The lowest BCUT2D eigenvalue weighted by Crippen LogP contribution is -2.42. The highest BCUT2D eigenvalue weighted by Gasteiger charge is 2.41. The van der Waals surface area contributed by atoms with Crippen LogP contribution in [-0.4, -0.2) is 23.1 Å². The Kier molecular flexibility index (Phi) is 4.34. The number of benzene rings is 1. The molecule has 0 aromatic heterocycles. The topological polar surface area (TPSA) is 73.4 Å². The van der Waals surface area contributed by atoms with Crippen molar-refractivity contribution < 1.29 is 9.90 Å². The van der Waals surface area contributed by atoms with E-state index in [1.807, 2.05) is 12.1 Å². The van der Waals surface area contributed by atoms with E-state index < -0.39 is 0 Å². The fraction of sp³-hybridized carbons (Fsp3) is 0.611. The monoisotopic (exact) mass is 317 g/mol. The van der Waals surface area contributed by atoms with E-state index in [0.29, 0.717) is 17.6 Å². The Morgan fingerprint density at radius 2 is 1.96 bits per heavy atom. The molecule has 0 bridgehead atoms. The van der Waals surface area contributed by atoms with Gasteiger partial charge in [-0.05, 0) is 36.0 Å². The number of rotatable bonds is 2. The molecule has 1 aromatic rings. The van der Waals surface area contributed by atoms with E-state index in [4.69, 9.17) is 0 Å². The molecule has 5 heteroatoms. The van der Waals surface area contributed by atoms with Crippen molar-refractivity contribution in [2.24, 2.45) is 5.92 Å². The van der Waals surface area contributed by atoms with E-state index >= 15 is 0 Å². The molecule has 2 aliphatic rings. The summed E-state index contributed by atoms with van der Waals surface area (Å²) in [6, 6.07) is 5.57. The second-order valence-electron chi connectivity index (χ2n) is 7.79. The molecule has 4 N–H and O–H groups in total. The molecule has 126 valence electrons. The second kappa shape index (κ2) is 6.13. The number of phenols is 1. The van der Waals surface area contributed by atoms with Crippen LogP contribution in [0.5, 0.6) is 5.75 Å². The molecule has 23 heavy (non-hydrogen) atoms. The summed E-state index contributed by atoms with van der Waals surface area (Å²) in [6.07, 6.45) is 4.58. The Bertz CT molecular complexity index is 594. The predicted octanol–water partition coefficient (Wildman–Crippen LogP) is 2.66. The summed E-state index contributed by atoms with van der Waals surface area (Å²) in [5, 5.41) is 13.0. The molecule has 3 unspecified atom stereocenters. The fourth-order valence-electron chi connectivity index (χ4n) is 3.61. The maximum Gasteiger partial charge on any atom is 0.243 e. The van der Waals surface area contributed by atoms with E-state index in [9.17, 15) is 9.90 Å². The average Bonchev–Trinajstić information content (AvgIpc) is 2.92. The molecule has 5 nitrogen and oxygen atoms in total. The van der Waals surface area contributed by atoms with Crippen molar-refractivity contribution in [3.63, 3.8) is 0 Å². The number of carbonyl (C=O) groups excluding carboxylic acids is 1. The highest BCUT2D eigenvalue weighted by Crippen LogP contribution is 2.33. The second-order valence-corrected chi connectivity index (χ2v) is 7.79. The number of hydrogen-bond donors (Lipinski definition) is 4. The minimum atomic E-state index is -0.238. The fourth-order valence-corrected chi connectivity index (χ4v) is 3.61. The molecule has 0 radical (unpaired) electrons. The third-order valence-corrected chi connectivity index (χ3v) is 5.07. The molecular formula is C18H27N3O2. The zero-order valence-corrected chi connectivity index (χ0v) is 14.1. The first-order chi connectivity index (χ1) is 10.9. The Hall–Kier alpha value is -1.59. The summed E-state index contributed by atoms with van der Waals surface area (Å²) >= 11 is 0. The Balaban J connectivity index is 1.75. The molecule has 1 aliphatic carbocycles. The van der Waals surface area contributed by atoms with Gasteiger partial charge in [0.15, 0.2) is 0 Å². The van der Waals surface area contributed by atoms with Crippen LogP contribution in [-0.2, 0) is 10.2 Å². The standard InChI is InChI=1S/C18H27N3O2/c1-18(2,3)11-8-9-15(22)14(10-11)19-17(23)16-12-6-4-5-7-13(12)20-21-16/h8-10,12-13,16,20-22H,4-7H2,1-3H3,(H,19,23). The predicted molar refractivity (Wildman–Crippen MR) is 91.2 cm³/mol. The largest absolute Gasteiger partial charge is 0.506 e. The van der Waals surface area contributed by atoms with Crippen molar-refractivity contribution in [1.82, 2.24) is 10.9 Å². The SMILES string of the molecule is CC(C)(C)c1ccc(O)c(NC(=O)C2NNC3CCCCC32)c1. The molecule has 1 aliphatic heterocycles. The minimum absolute atomic E-state index is 0.0329. The molecule has 3 rings (SSSR count). The molecule has 1 heterocycles. The molecular weight excluding hydrogens is 290 g/mol. The number of nitrogens with one attached hydrogen (secondary N) is 3. The summed E-state index contributed by atoms with van der Waals surface area (Å²) < 4.78 is 0. The summed E-state index contributed by atoms with van der Waals surface area (Å²) in [5.74, 6) is 0.363. The average molecular weight is 317 g/mol. The third-order valence-electron chi connectivity index (χ3n) is 5.07. The van der Waals surface area contributed by atoms with Gasteiger partial charge < -0.3 is 10.4 Å². The van der Waals surface area contributed by atoms with Crippen molar-refractivity contribution in [1.29, 1.82) is 0 Å². The van der Waals surface area contributed by atoms with Gasteiger partial charge >= 0.3 is 0 Å².